The Kier molecular flexibility index (Phi) is 2.45. The SMILES string of the molecule is [CH2]Cn1cnc(CCN)c1. The summed E-state index contributed by atoms with van der Waals surface area (Å²) in [4.78, 5) is 4.12. The van der Waals surface area contributed by atoms with Crippen molar-refractivity contribution in [2.45, 2.75) is 13.0 Å². The third kappa shape index (κ3) is 1.57. The second-order valence-electron chi connectivity index (χ2n) is 2.14. The van der Waals surface area contributed by atoms with E-state index in [1.54, 1.807) is 6.33 Å². The molecule has 1 radical (unpaired) electrons. The van der Waals surface area contributed by atoms with Gasteiger partial charge in [0.05, 0.1) is 12.0 Å². The van der Waals surface area contributed by atoms with Crippen molar-refractivity contribution in [1.29, 1.82) is 0 Å². The normalized spacial score (nSPS) is 10.2. The highest BCUT2D eigenvalue weighted by Gasteiger charge is 1.93. The molecule has 1 aromatic rings. The largest absolute Gasteiger partial charge is 0.337 e. The highest BCUT2D eigenvalue weighted by Crippen LogP contribution is 1.95. The van der Waals surface area contributed by atoms with Gasteiger partial charge in [-0.15, -0.1) is 0 Å². The molecule has 2 N–H and O–H groups in total. The molecule has 0 aliphatic heterocycles. The van der Waals surface area contributed by atoms with Crippen LogP contribution in [0.5, 0.6) is 0 Å². The van der Waals surface area contributed by atoms with Gasteiger partial charge in [0.15, 0.2) is 0 Å². The van der Waals surface area contributed by atoms with Crippen molar-refractivity contribution >= 4 is 0 Å². The lowest BCUT2D eigenvalue weighted by molar-refractivity contribution is 0.815. The Bertz CT molecular complexity index is 192. The minimum Gasteiger partial charge on any atom is -0.337 e. The second kappa shape index (κ2) is 3.37. The van der Waals surface area contributed by atoms with Crippen LogP contribution in [-0.4, -0.2) is 16.1 Å². The molecule has 0 aliphatic carbocycles. The average Bonchev–Trinajstić information content (AvgIpc) is 2.37. The number of imidazole rings is 1. The van der Waals surface area contributed by atoms with Gasteiger partial charge in [-0.05, 0) is 13.5 Å². The van der Waals surface area contributed by atoms with Gasteiger partial charge < -0.3 is 10.3 Å². The molecule has 10 heavy (non-hydrogen) atoms. The smallest absolute Gasteiger partial charge is 0.0949 e. The number of hydrogen-bond donors (Lipinski definition) is 1. The van der Waals surface area contributed by atoms with Crippen LogP contribution in [-0.2, 0) is 13.0 Å². The first kappa shape index (κ1) is 7.28. The lowest BCUT2D eigenvalue weighted by Gasteiger charge is -1.90. The van der Waals surface area contributed by atoms with E-state index in [1.165, 1.54) is 0 Å². The Balaban J connectivity index is 2.59. The summed E-state index contributed by atoms with van der Waals surface area (Å²) in [5.74, 6) is 0. The van der Waals surface area contributed by atoms with Crippen LogP contribution in [0.25, 0.3) is 0 Å². The van der Waals surface area contributed by atoms with Crippen molar-refractivity contribution < 1.29 is 0 Å². The number of nitrogens with zero attached hydrogens (tertiary/aromatic N) is 2. The number of nitrogens with two attached hydrogens (primary N) is 1. The third-order valence-corrected chi connectivity index (χ3v) is 1.35. The predicted molar refractivity (Wildman–Crippen MR) is 40.3 cm³/mol. The van der Waals surface area contributed by atoms with Gasteiger partial charge in [-0.1, -0.05) is 0 Å². The summed E-state index contributed by atoms with van der Waals surface area (Å²) in [6.45, 7) is 5.12. The van der Waals surface area contributed by atoms with Crippen LogP contribution in [0.3, 0.4) is 0 Å². The fourth-order valence-corrected chi connectivity index (χ4v) is 0.806. The molecule has 0 bridgehead atoms. The maximum atomic E-state index is 5.35. The zero-order valence-electron chi connectivity index (χ0n) is 5.95. The van der Waals surface area contributed by atoms with E-state index in [0.717, 1.165) is 18.7 Å². The Morgan fingerprint density at radius 2 is 2.50 bits per heavy atom. The molecule has 0 spiro atoms. The Labute approximate surface area is 60.9 Å². The van der Waals surface area contributed by atoms with Crippen LogP contribution in [0.2, 0.25) is 0 Å². The standard InChI is InChI=1S/C7H12N3/c1-2-10-5-7(3-4-8)9-6-10/h5-6H,1-4,8H2. The molecule has 1 aromatic heterocycles. The lowest BCUT2D eigenvalue weighted by Crippen LogP contribution is -2.02. The number of aromatic nitrogens is 2. The van der Waals surface area contributed by atoms with Gasteiger partial charge in [0.1, 0.15) is 0 Å². The minimum atomic E-state index is 0.661. The number of hydrogen-bond acceptors (Lipinski definition) is 2. The molecule has 1 rings (SSSR count). The fourth-order valence-electron chi connectivity index (χ4n) is 0.806. The van der Waals surface area contributed by atoms with Crippen molar-refractivity contribution in [3.05, 3.63) is 25.1 Å². The average molecular weight is 138 g/mol. The molecule has 3 heteroatoms. The molecule has 0 aromatic carbocycles. The summed E-state index contributed by atoms with van der Waals surface area (Å²) in [5, 5.41) is 0. The maximum absolute atomic E-state index is 5.35. The Morgan fingerprint density at radius 1 is 1.70 bits per heavy atom. The first-order valence-corrected chi connectivity index (χ1v) is 3.36. The van der Waals surface area contributed by atoms with E-state index in [9.17, 15) is 0 Å². The molecule has 0 aliphatic rings. The van der Waals surface area contributed by atoms with Gasteiger partial charge in [0.2, 0.25) is 0 Å². The molecular weight excluding hydrogens is 126 g/mol. The van der Waals surface area contributed by atoms with E-state index in [-0.39, 0.29) is 0 Å². The zero-order chi connectivity index (χ0) is 7.40. The molecule has 0 saturated heterocycles. The number of rotatable bonds is 3. The molecule has 0 saturated carbocycles. The van der Waals surface area contributed by atoms with E-state index in [0.29, 0.717) is 6.54 Å². The van der Waals surface area contributed by atoms with Gasteiger partial charge in [-0.3, -0.25) is 0 Å². The van der Waals surface area contributed by atoms with Crippen molar-refractivity contribution in [2.75, 3.05) is 6.54 Å². The summed E-state index contributed by atoms with van der Waals surface area (Å²) < 4.78 is 1.94. The van der Waals surface area contributed by atoms with Gasteiger partial charge in [0, 0.05) is 19.2 Å². The van der Waals surface area contributed by atoms with Gasteiger partial charge >= 0.3 is 0 Å². The van der Waals surface area contributed by atoms with Crippen LogP contribution < -0.4 is 5.73 Å². The van der Waals surface area contributed by atoms with E-state index in [2.05, 4.69) is 11.9 Å². The molecule has 1 heterocycles. The summed E-state index contributed by atoms with van der Waals surface area (Å²) >= 11 is 0. The highest BCUT2D eigenvalue weighted by molar-refractivity contribution is 4.96. The lowest BCUT2D eigenvalue weighted by atomic mass is 10.3. The van der Waals surface area contributed by atoms with Crippen molar-refractivity contribution in [1.82, 2.24) is 9.55 Å². The molecule has 55 valence electrons. The summed E-state index contributed by atoms with van der Waals surface area (Å²) in [5.41, 5.74) is 6.39. The second-order valence-corrected chi connectivity index (χ2v) is 2.14. The Morgan fingerprint density at radius 3 is 3.00 bits per heavy atom. The van der Waals surface area contributed by atoms with Crippen LogP contribution >= 0.6 is 0 Å². The van der Waals surface area contributed by atoms with Crippen LogP contribution in [0.15, 0.2) is 12.5 Å². The zero-order valence-corrected chi connectivity index (χ0v) is 5.95. The van der Waals surface area contributed by atoms with Crippen LogP contribution in [0.1, 0.15) is 5.69 Å². The molecule has 0 fully saturated rings. The van der Waals surface area contributed by atoms with Crippen molar-refractivity contribution in [2.24, 2.45) is 5.73 Å². The van der Waals surface area contributed by atoms with Crippen molar-refractivity contribution in [3.8, 4) is 0 Å². The molecule has 0 atom stereocenters. The molecule has 0 unspecified atom stereocenters. The monoisotopic (exact) mass is 138 g/mol. The van der Waals surface area contributed by atoms with Gasteiger partial charge in [-0.25, -0.2) is 4.98 Å². The predicted octanol–water partition coefficient (Wildman–Crippen LogP) is 0.218. The molecular formula is C7H12N3. The van der Waals surface area contributed by atoms with Crippen molar-refractivity contribution in [3.63, 3.8) is 0 Å². The third-order valence-electron chi connectivity index (χ3n) is 1.35. The summed E-state index contributed by atoms with van der Waals surface area (Å²) in [6, 6.07) is 0. The maximum Gasteiger partial charge on any atom is 0.0949 e. The summed E-state index contributed by atoms with van der Waals surface area (Å²) in [6.07, 6.45) is 4.60. The van der Waals surface area contributed by atoms with E-state index < -0.39 is 0 Å². The van der Waals surface area contributed by atoms with E-state index in [4.69, 9.17) is 5.73 Å². The van der Waals surface area contributed by atoms with Crippen LogP contribution in [0.4, 0.5) is 0 Å². The van der Waals surface area contributed by atoms with Gasteiger partial charge in [0.25, 0.3) is 0 Å². The van der Waals surface area contributed by atoms with E-state index >= 15 is 0 Å². The van der Waals surface area contributed by atoms with Crippen LogP contribution in [0, 0.1) is 6.92 Å². The minimum absolute atomic E-state index is 0.661. The first-order valence-electron chi connectivity index (χ1n) is 3.36. The topological polar surface area (TPSA) is 43.8 Å². The fraction of sp³-hybridized carbons (Fsp3) is 0.429. The molecule has 0 amide bonds. The molecule has 3 nitrogen and oxygen atoms in total. The van der Waals surface area contributed by atoms with Gasteiger partial charge in [-0.2, -0.15) is 0 Å². The quantitative estimate of drug-likeness (QED) is 0.649. The highest BCUT2D eigenvalue weighted by atomic mass is 15.0. The van der Waals surface area contributed by atoms with E-state index in [1.807, 2.05) is 10.8 Å². The Hall–Kier alpha value is -0.830. The summed E-state index contributed by atoms with van der Waals surface area (Å²) in [7, 11) is 0. The first-order chi connectivity index (χ1) is 4.86.